The number of amides is 1. The van der Waals surface area contributed by atoms with E-state index in [2.05, 4.69) is 9.97 Å². The molecule has 0 bridgehead atoms. The highest BCUT2D eigenvalue weighted by Gasteiger charge is 2.30. The molecule has 140 valence electrons. The zero-order chi connectivity index (χ0) is 18.8. The average molecular weight is 358 g/mol. The second-order valence-corrected chi connectivity index (χ2v) is 7.12. The number of benzene rings is 1. The quantitative estimate of drug-likeness (QED) is 0.893. The lowest BCUT2D eigenvalue weighted by Gasteiger charge is -2.38. The molecule has 0 unspecified atom stereocenters. The average Bonchev–Trinajstić information content (AvgIpc) is 2.59. The first-order chi connectivity index (χ1) is 12.3. The van der Waals surface area contributed by atoms with Gasteiger partial charge in [-0.05, 0) is 40.0 Å². The van der Waals surface area contributed by atoms with Crippen molar-refractivity contribution in [3.05, 3.63) is 40.4 Å². The van der Waals surface area contributed by atoms with Gasteiger partial charge in [0.2, 0.25) is 5.91 Å². The van der Waals surface area contributed by atoms with Gasteiger partial charge in [-0.1, -0.05) is 12.1 Å². The number of para-hydroxylation sites is 1. The molecule has 1 aromatic heterocycles. The summed E-state index contributed by atoms with van der Waals surface area (Å²) in [5.74, 6) is 0.622. The number of carbonyl (C=O) groups is 1. The largest absolute Gasteiger partial charge is 0.372 e. The molecule has 7 nitrogen and oxygen atoms in total. The molecule has 1 saturated heterocycles. The first kappa shape index (κ1) is 18.5. The number of nitrogens with zero attached hydrogens (tertiary/aromatic N) is 3. The van der Waals surface area contributed by atoms with E-state index in [1.165, 1.54) is 0 Å². The SMILES string of the molecule is C[C@@H]1CN(C(=O)[C@@H](C)N(C)Cc2nc3ccccc3c(=O)[nH]2)C[C@H](C)O1. The van der Waals surface area contributed by atoms with E-state index in [0.29, 0.717) is 36.4 Å². The monoisotopic (exact) mass is 358 g/mol. The smallest absolute Gasteiger partial charge is 0.258 e. The summed E-state index contributed by atoms with van der Waals surface area (Å²) in [4.78, 5) is 36.1. The Labute approximate surface area is 153 Å². The Morgan fingerprint density at radius 3 is 2.69 bits per heavy atom. The minimum absolute atomic E-state index is 0.0405. The molecule has 26 heavy (non-hydrogen) atoms. The summed E-state index contributed by atoms with van der Waals surface area (Å²) in [6.07, 6.45) is 0.0810. The van der Waals surface area contributed by atoms with E-state index < -0.39 is 0 Å². The Morgan fingerprint density at radius 2 is 2.00 bits per heavy atom. The standard InChI is InChI=1S/C19H26N4O3/c1-12-9-23(10-13(2)26-12)19(25)14(3)22(4)11-17-20-16-8-6-5-7-15(16)18(24)21-17/h5-8,12-14H,9-11H2,1-4H3,(H,20,21,24)/t12-,13+,14-/m1/s1. The van der Waals surface area contributed by atoms with Gasteiger partial charge in [0.15, 0.2) is 0 Å². The summed E-state index contributed by atoms with van der Waals surface area (Å²) >= 11 is 0. The van der Waals surface area contributed by atoms with Crippen LogP contribution in [0.15, 0.2) is 29.1 Å². The number of ether oxygens (including phenoxy) is 1. The van der Waals surface area contributed by atoms with Crippen LogP contribution in [0.3, 0.4) is 0 Å². The minimum Gasteiger partial charge on any atom is -0.372 e. The van der Waals surface area contributed by atoms with E-state index in [4.69, 9.17) is 4.74 Å². The van der Waals surface area contributed by atoms with Crippen LogP contribution in [0.4, 0.5) is 0 Å². The van der Waals surface area contributed by atoms with E-state index in [-0.39, 0.29) is 29.7 Å². The van der Waals surface area contributed by atoms with Crippen LogP contribution in [-0.4, -0.2) is 64.1 Å². The van der Waals surface area contributed by atoms with Crippen LogP contribution < -0.4 is 5.56 Å². The van der Waals surface area contributed by atoms with E-state index >= 15 is 0 Å². The zero-order valence-electron chi connectivity index (χ0n) is 15.7. The number of morpholine rings is 1. The van der Waals surface area contributed by atoms with Gasteiger partial charge in [-0.2, -0.15) is 0 Å². The summed E-state index contributed by atoms with van der Waals surface area (Å²) in [6.45, 7) is 7.44. The first-order valence-corrected chi connectivity index (χ1v) is 8.97. The fourth-order valence-electron chi connectivity index (χ4n) is 3.39. The number of aromatic nitrogens is 2. The molecule has 3 rings (SSSR count). The molecule has 2 heterocycles. The molecule has 1 aliphatic heterocycles. The number of rotatable bonds is 4. The topological polar surface area (TPSA) is 78.5 Å². The Hall–Kier alpha value is -2.25. The third kappa shape index (κ3) is 3.94. The second-order valence-electron chi connectivity index (χ2n) is 7.12. The molecule has 0 radical (unpaired) electrons. The van der Waals surface area contributed by atoms with Crippen molar-refractivity contribution in [2.45, 2.75) is 45.6 Å². The molecule has 0 aliphatic carbocycles. The van der Waals surface area contributed by atoms with Crippen LogP contribution in [-0.2, 0) is 16.1 Å². The normalized spacial score (nSPS) is 22.0. The summed E-state index contributed by atoms with van der Waals surface area (Å²) in [6, 6.07) is 6.93. The van der Waals surface area contributed by atoms with Crippen molar-refractivity contribution < 1.29 is 9.53 Å². The molecule has 1 aromatic carbocycles. The number of hydrogen-bond acceptors (Lipinski definition) is 5. The van der Waals surface area contributed by atoms with Crippen molar-refractivity contribution in [3.63, 3.8) is 0 Å². The Morgan fingerprint density at radius 1 is 1.35 bits per heavy atom. The summed E-state index contributed by atoms with van der Waals surface area (Å²) in [5.41, 5.74) is 0.503. The van der Waals surface area contributed by atoms with Crippen molar-refractivity contribution in [3.8, 4) is 0 Å². The van der Waals surface area contributed by atoms with E-state index in [1.54, 1.807) is 6.07 Å². The summed E-state index contributed by atoms with van der Waals surface area (Å²) in [5, 5.41) is 0.569. The van der Waals surface area contributed by atoms with Crippen molar-refractivity contribution in [1.82, 2.24) is 19.8 Å². The molecule has 3 atom stereocenters. The summed E-state index contributed by atoms with van der Waals surface area (Å²) < 4.78 is 5.70. The number of H-pyrrole nitrogens is 1. The third-order valence-corrected chi connectivity index (χ3v) is 4.81. The highest BCUT2D eigenvalue weighted by molar-refractivity contribution is 5.81. The van der Waals surface area contributed by atoms with Gasteiger partial charge in [0, 0.05) is 13.1 Å². The number of fused-ring (bicyclic) bond motifs is 1. The number of nitrogens with one attached hydrogen (secondary N) is 1. The Balaban J connectivity index is 1.72. The maximum Gasteiger partial charge on any atom is 0.258 e. The van der Waals surface area contributed by atoms with Crippen LogP contribution in [0.1, 0.15) is 26.6 Å². The van der Waals surface area contributed by atoms with Gasteiger partial charge in [-0.25, -0.2) is 4.98 Å². The number of hydrogen-bond donors (Lipinski definition) is 1. The number of likely N-dealkylation sites (N-methyl/N-ethyl adjacent to an activating group) is 1. The van der Waals surface area contributed by atoms with E-state index in [1.807, 2.05) is 55.8 Å². The van der Waals surface area contributed by atoms with Crippen molar-refractivity contribution in [2.24, 2.45) is 0 Å². The molecule has 1 amide bonds. The molecule has 2 aromatic rings. The molecular weight excluding hydrogens is 332 g/mol. The fourth-order valence-corrected chi connectivity index (χ4v) is 3.39. The predicted octanol–water partition coefficient (Wildman–Crippen LogP) is 1.38. The highest BCUT2D eigenvalue weighted by atomic mass is 16.5. The van der Waals surface area contributed by atoms with Crippen molar-refractivity contribution >= 4 is 16.8 Å². The molecule has 1 fully saturated rings. The van der Waals surface area contributed by atoms with Crippen molar-refractivity contribution in [1.29, 1.82) is 0 Å². The Kier molecular flexibility index (Phi) is 5.38. The van der Waals surface area contributed by atoms with Gasteiger partial charge < -0.3 is 14.6 Å². The lowest BCUT2D eigenvalue weighted by molar-refractivity contribution is -0.148. The van der Waals surface area contributed by atoms with Gasteiger partial charge in [0.1, 0.15) is 5.82 Å². The second kappa shape index (κ2) is 7.55. The van der Waals surface area contributed by atoms with Gasteiger partial charge in [0.05, 0.1) is 35.7 Å². The molecule has 1 aliphatic rings. The van der Waals surface area contributed by atoms with Crippen LogP contribution in [0.2, 0.25) is 0 Å². The predicted molar refractivity (Wildman–Crippen MR) is 99.9 cm³/mol. The maximum atomic E-state index is 12.8. The first-order valence-electron chi connectivity index (χ1n) is 8.97. The van der Waals surface area contributed by atoms with Crippen LogP contribution in [0.25, 0.3) is 10.9 Å². The van der Waals surface area contributed by atoms with Crippen LogP contribution >= 0.6 is 0 Å². The van der Waals surface area contributed by atoms with Crippen LogP contribution in [0.5, 0.6) is 0 Å². The molecule has 0 saturated carbocycles. The van der Waals surface area contributed by atoms with Gasteiger partial charge in [-0.3, -0.25) is 14.5 Å². The van der Waals surface area contributed by atoms with Gasteiger partial charge in [0.25, 0.3) is 5.56 Å². The van der Waals surface area contributed by atoms with Crippen molar-refractivity contribution in [2.75, 3.05) is 20.1 Å². The lowest BCUT2D eigenvalue weighted by Crippen LogP contribution is -2.53. The molecule has 0 spiro atoms. The van der Waals surface area contributed by atoms with Crippen LogP contribution in [0, 0.1) is 0 Å². The van der Waals surface area contributed by atoms with Gasteiger partial charge in [-0.15, -0.1) is 0 Å². The number of aromatic amines is 1. The zero-order valence-corrected chi connectivity index (χ0v) is 15.7. The molecular formula is C19H26N4O3. The maximum absolute atomic E-state index is 12.8. The number of carbonyl (C=O) groups excluding carboxylic acids is 1. The van der Waals surface area contributed by atoms with E-state index in [0.717, 1.165) is 0 Å². The van der Waals surface area contributed by atoms with Gasteiger partial charge >= 0.3 is 0 Å². The molecule has 7 heteroatoms. The summed E-state index contributed by atoms with van der Waals surface area (Å²) in [7, 11) is 1.87. The molecule has 1 N–H and O–H groups in total. The Bertz CT molecular complexity index is 840. The highest BCUT2D eigenvalue weighted by Crippen LogP contribution is 2.14. The lowest BCUT2D eigenvalue weighted by atomic mass is 10.2. The van der Waals surface area contributed by atoms with E-state index in [9.17, 15) is 9.59 Å². The minimum atomic E-state index is -0.315. The third-order valence-electron chi connectivity index (χ3n) is 4.81. The fraction of sp³-hybridized carbons (Fsp3) is 0.526.